The maximum Gasteiger partial charge on any atom is 0.303 e. The molecule has 2 aliphatic heterocycles. The van der Waals surface area contributed by atoms with Gasteiger partial charge in [-0.05, 0) is 13.8 Å². The Kier molecular flexibility index (Phi) is 3.37. The normalized spacial score (nSPS) is 39.1. The minimum absolute atomic E-state index is 0.0279. The van der Waals surface area contributed by atoms with Gasteiger partial charge in [-0.2, -0.15) is 0 Å². The van der Waals surface area contributed by atoms with Crippen molar-refractivity contribution in [1.29, 1.82) is 0 Å². The number of esters is 1. The minimum Gasteiger partial charge on any atom is -0.450 e. The summed E-state index contributed by atoms with van der Waals surface area (Å²) >= 11 is 0. The second kappa shape index (κ2) is 4.51. The van der Waals surface area contributed by atoms with Crippen molar-refractivity contribution in [1.82, 2.24) is 5.32 Å². The fraction of sp³-hybridized carbons (Fsp3) is 0.900. The predicted octanol–water partition coefficient (Wildman–Crippen LogP) is -0.709. The average molecular weight is 247 g/mol. The SMILES string of the molecule is CC(=O)OCN[C@H]1O[C@@H]2OC(C)(C)O[C@@H]2[C@H]1O. The van der Waals surface area contributed by atoms with Crippen molar-refractivity contribution in [3.63, 3.8) is 0 Å². The summed E-state index contributed by atoms with van der Waals surface area (Å²) in [4.78, 5) is 10.6. The molecule has 2 aliphatic rings. The van der Waals surface area contributed by atoms with Crippen molar-refractivity contribution >= 4 is 5.97 Å². The lowest BCUT2D eigenvalue weighted by atomic mass is 10.2. The van der Waals surface area contributed by atoms with Gasteiger partial charge in [0.2, 0.25) is 0 Å². The lowest BCUT2D eigenvalue weighted by Gasteiger charge is -2.23. The molecule has 0 unspecified atom stereocenters. The molecule has 0 aliphatic carbocycles. The Morgan fingerprint density at radius 2 is 2.18 bits per heavy atom. The lowest BCUT2D eigenvalue weighted by Crippen LogP contribution is -2.43. The number of ether oxygens (including phenoxy) is 4. The highest BCUT2D eigenvalue weighted by Gasteiger charge is 2.54. The first kappa shape index (κ1) is 12.7. The monoisotopic (exact) mass is 247 g/mol. The van der Waals surface area contributed by atoms with Gasteiger partial charge in [0.1, 0.15) is 25.2 Å². The van der Waals surface area contributed by atoms with Crippen molar-refractivity contribution in [2.45, 2.75) is 51.3 Å². The number of nitrogens with one attached hydrogen (secondary N) is 1. The molecule has 2 heterocycles. The van der Waals surface area contributed by atoms with Crippen LogP contribution in [0.5, 0.6) is 0 Å². The van der Waals surface area contributed by atoms with E-state index in [1.165, 1.54) is 6.92 Å². The molecular formula is C10H17NO6. The Bertz CT molecular complexity index is 307. The minimum atomic E-state index is -0.864. The highest BCUT2D eigenvalue weighted by atomic mass is 16.8. The van der Waals surface area contributed by atoms with Crippen molar-refractivity contribution in [2.24, 2.45) is 0 Å². The number of aliphatic hydroxyl groups excluding tert-OH is 1. The molecule has 0 bridgehead atoms. The molecular weight excluding hydrogens is 230 g/mol. The van der Waals surface area contributed by atoms with Crippen molar-refractivity contribution in [3.8, 4) is 0 Å². The van der Waals surface area contributed by atoms with Crippen LogP contribution in [-0.4, -0.2) is 48.3 Å². The van der Waals surface area contributed by atoms with E-state index in [1.807, 2.05) is 0 Å². The third-order valence-electron chi connectivity index (χ3n) is 2.58. The number of hydrogen-bond acceptors (Lipinski definition) is 7. The summed E-state index contributed by atoms with van der Waals surface area (Å²) < 4.78 is 21.1. The molecule has 2 rings (SSSR count). The van der Waals surface area contributed by atoms with E-state index in [9.17, 15) is 9.90 Å². The fourth-order valence-corrected chi connectivity index (χ4v) is 1.89. The highest BCUT2D eigenvalue weighted by molar-refractivity contribution is 5.65. The Balaban J connectivity index is 1.83. The van der Waals surface area contributed by atoms with E-state index in [1.54, 1.807) is 13.8 Å². The van der Waals surface area contributed by atoms with Crippen LogP contribution >= 0.6 is 0 Å². The van der Waals surface area contributed by atoms with Crippen LogP contribution in [0.1, 0.15) is 20.8 Å². The number of aliphatic hydroxyl groups is 1. The third kappa shape index (κ3) is 2.75. The van der Waals surface area contributed by atoms with Crippen LogP contribution in [0, 0.1) is 0 Å². The summed E-state index contributed by atoms with van der Waals surface area (Å²) in [6.45, 7) is 4.78. The van der Waals surface area contributed by atoms with Gasteiger partial charge in [0.05, 0.1) is 0 Å². The molecule has 0 radical (unpaired) electrons. The van der Waals surface area contributed by atoms with Crippen molar-refractivity contribution in [3.05, 3.63) is 0 Å². The zero-order chi connectivity index (χ0) is 12.6. The molecule has 0 amide bonds. The summed E-state index contributed by atoms with van der Waals surface area (Å²) in [6.07, 6.45) is -2.66. The Morgan fingerprint density at radius 3 is 2.76 bits per heavy atom. The average Bonchev–Trinajstić information content (AvgIpc) is 2.62. The van der Waals surface area contributed by atoms with E-state index in [2.05, 4.69) is 5.32 Å². The molecule has 2 saturated heterocycles. The Morgan fingerprint density at radius 1 is 1.47 bits per heavy atom. The maximum absolute atomic E-state index is 10.6. The summed E-state index contributed by atoms with van der Waals surface area (Å²) in [5.41, 5.74) is 0. The molecule has 2 fully saturated rings. The van der Waals surface area contributed by atoms with Crippen LogP contribution in [0.15, 0.2) is 0 Å². The van der Waals surface area contributed by atoms with Gasteiger partial charge in [0, 0.05) is 6.92 Å². The van der Waals surface area contributed by atoms with Gasteiger partial charge in [-0.25, -0.2) is 0 Å². The van der Waals surface area contributed by atoms with Gasteiger partial charge in [0.25, 0.3) is 0 Å². The summed E-state index contributed by atoms with van der Waals surface area (Å²) in [5, 5.41) is 12.7. The molecule has 0 aromatic heterocycles. The van der Waals surface area contributed by atoms with Crippen molar-refractivity contribution in [2.75, 3.05) is 6.73 Å². The zero-order valence-corrected chi connectivity index (χ0v) is 10.0. The summed E-state index contributed by atoms with van der Waals surface area (Å²) in [5.74, 6) is -1.16. The molecule has 7 nitrogen and oxygen atoms in total. The van der Waals surface area contributed by atoms with Gasteiger partial charge in [-0.3, -0.25) is 10.1 Å². The number of hydrogen-bond donors (Lipinski definition) is 2. The number of fused-ring (bicyclic) bond motifs is 1. The molecule has 0 saturated carbocycles. The lowest BCUT2D eigenvalue weighted by molar-refractivity contribution is -0.220. The standard InChI is InChI=1S/C10H17NO6/c1-5(12)14-4-11-8-6(13)7-9(15-8)17-10(2,3)16-7/h6-9,11,13H,4H2,1-3H3/t6-,7-,8+,9-/m1/s1. The molecule has 0 spiro atoms. The Hall–Kier alpha value is -0.730. The second-order valence-corrected chi connectivity index (χ2v) is 4.50. The fourth-order valence-electron chi connectivity index (χ4n) is 1.89. The molecule has 17 heavy (non-hydrogen) atoms. The van der Waals surface area contributed by atoms with Gasteiger partial charge in [0.15, 0.2) is 12.1 Å². The first-order valence-electron chi connectivity index (χ1n) is 5.45. The zero-order valence-electron chi connectivity index (χ0n) is 10.0. The van der Waals surface area contributed by atoms with E-state index in [0.717, 1.165) is 0 Å². The van der Waals surface area contributed by atoms with Crippen LogP contribution in [-0.2, 0) is 23.7 Å². The van der Waals surface area contributed by atoms with E-state index >= 15 is 0 Å². The third-order valence-corrected chi connectivity index (χ3v) is 2.58. The highest BCUT2D eigenvalue weighted by Crippen LogP contribution is 2.36. The molecule has 7 heteroatoms. The molecule has 2 N–H and O–H groups in total. The first-order chi connectivity index (χ1) is 7.89. The predicted molar refractivity (Wildman–Crippen MR) is 54.5 cm³/mol. The molecule has 0 aromatic rings. The van der Waals surface area contributed by atoms with E-state index in [0.29, 0.717) is 0 Å². The summed E-state index contributed by atoms with van der Waals surface area (Å²) in [6, 6.07) is 0. The number of carbonyl (C=O) groups is 1. The van der Waals surface area contributed by atoms with E-state index < -0.39 is 36.5 Å². The van der Waals surface area contributed by atoms with Gasteiger partial charge >= 0.3 is 5.97 Å². The van der Waals surface area contributed by atoms with Crippen LogP contribution in [0.2, 0.25) is 0 Å². The number of carbonyl (C=O) groups excluding carboxylic acids is 1. The van der Waals surface area contributed by atoms with Crippen LogP contribution in [0.4, 0.5) is 0 Å². The first-order valence-corrected chi connectivity index (χ1v) is 5.45. The number of rotatable bonds is 3. The van der Waals surface area contributed by atoms with Crippen LogP contribution in [0.3, 0.4) is 0 Å². The maximum atomic E-state index is 10.6. The topological polar surface area (TPSA) is 86.3 Å². The van der Waals surface area contributed by atoms with Gasteiger partial charge in [-0.1, -0.05) is 0 Å². The second-order valence-electron chi connectivity index (χ2n) is 4.50. The summed E-state index contributed by atoms with van der Waals surface area (Å²) in [7, 11) is 0. The van der Waals surface area contributed by atoms with E-state index in [-0.39, 0.29) is 6.73 Å². The largest absolute Gasteiger partial charge is 0.450 e. The van der Waals surface area contributed by atoms with Crippen LogP contribution in [0.25, 0.3) is 0 Å². The van der Waals surface area contributed by atoms with Gasteiger partial charge < -0.3 is 24.1 Å². The molecule has 4 atom stereocenters. The smallest absolute Gasteiger partial charge is 0.303 e. The van der Waals surface area contributed by atoms with Crippen LogP contribution < -0.4 is 5.32 Å². The molecule has 98 valence electrons. The quantitative estimate of drug-likeness (QED) is 0.503. The Labute approximate surface area is 99.0 Å². The van der Waals surface area contributed by atoms with Gasteiger partial charge in [-0.15, -0.1) is 0 Å². The molecule has 0 aromatic carbocycles. The van der Waals surface area contributed by atoms with Crippen molar-refractivity contribution < 1.29 is 28.8 Å². The van der Waals surface area contributed by atoms with E-state index in [4.69, 9.17) is 18.9 Å².